The number of para-hydroxylation sites is 2. The largest absolute Gasteiger partial charge is 0.490 e. The Kier molecular flexibility index (Phi) is 8.40. The second-order valence-corrected chi connectivity index (χ2v) is 8.54. The van der Waals surface area contributed by atoms with Gasteiger partial charge in [0.2, 0.25) is 0 Å². The number of aromatic nitrogens is 2. The number of fused-ring (bicyclic) bond motifs is 1. The van der Waals surface area contributed by atoms with Gasteiger partial charge in [-0.15, -0.1) is 0 Å². The third-order valence-electron chi connectivity index (χ3n) is 5.78. The van der Waals surface area contributed by atoms with Gasteiger partial charge in [-0.2, -0.15) is 13.2 Å². The van der Waals surface area contributed by atoms with Gasteiger partial charge in [-0.3, -0.25) is 4.79 Å². The van der Waals surface area contributed by atoms with Crippen molar-refractivity contribution in [2.24, 2.45) is 0 Å². The number of nitrogens with zero attached hydrogens (tertiary/aromatic N) is 2. The van der Waals surface area contributed by atoms with E-state index in [9.17, 15) is 18.0 Å². The molecule has 5 aromatic rings. The van der Waals surface area contributed by atoms with Gasteiger partial charge in [0.05, 0.1) is 11.0 Å². The summed E-state index contributed by atoms with van der Waals surface area (Å²) in [5.74, 6) is -1.95. The van der Waals surface area contributed by atoms with E-state index in [0.717, 1.165) is 34.5 Å². The van der Waals surface area contributed by atoms with Crippen LogP contribution in [0.5, 0.6) is 0 Å². The van der Waals surface area contributed by atoms with E-state index >= 15 is 0 Å². The SMILES string of the molecule is O=C(NCc1ccccc1)c1ccc(-c2nc3ccccc3n2Cc2ccccc2)cc1.O=C(O)C(F)(F)F. The lowest BCUT2D eigenvalue weighted by molar-refractivity contribution is -0.192. The van der Waals surface area contributed by atoms with E-state index in [4.69, 9.17) is 14.9 Å². The van der Waals surface area contributed by atoms with E-state index in [0.29, 0.717) is 12.1 Å². The third-order valence-corrected chi connectivity index (χ3v) is 5.78. The van der Waals surface area contributed by atoms with Crippen LogP contribution in [0.4, 0.5) is 13.2 Å². The highest BCUT2D eigenvalue weighted by Gasteiger charge is 2.38. The van der Waals surface area contributed by atoms with Crippen LogP contribution in [-0.2, 0) is 17.9 Å². The zero-order valence-corrected chi connectivity index (χ0v) is 20.6. The van der Waals surface area contributed by atoms with Crippen molar-refractivity contribution in [3.05, 3.63) is 126 Å². The molecular formula is C30H24F3N3O3. The number of carbonyl (C=O) groups excluding carboxylic acids is 1. The molecule has 6 nitrogen and oxygen atoms in total. The zero-order chi connectivity index (χ0) is 27.8. The molecule has 0 saturated heterocycles. The van der Waals surface area contributed by atoms with Gasteiger partial charge >= 0.3 is 12.1 Å². The number of carbonyl (C=O) groups is 2. The highest BCUT2D eigenvalue weighted by Crippen LogP contribution is 2.26. The first-order chi connectivity index (χ1) is 18.7. The molecular weight excluding hydrogens is 507 g/mol. The number of carboxylic acids is 1. The maximum Gasteiger partial charge on any atom is 0.490 e. The normalized spacial score (nSPS) is 10.9. The smallest absolute Gasteiger partial charge is 0.475 e. The predicted octanol–water partition coefficient (Wildman–Crippen LogP) is 6.31. The first-order valence-electron chi connectivity index (χ1n) is 11.9. The number of imidazole rings is 1. The molecule has 2 N–H and O–H groups in total. The number of hydrogen-bond acceptors (Lipinski definition) is 3. The summed E-state index contributed by atoms with van der Waals surface area (Å²) >= 11 is 0. The molecule has 0 fully saturated rings. The minimum atomic E-state index is -5.08. The van der Waals surface area contributed by atoms with Crippen LogP contribution in [0.15, 0.2) is 109 Å². The molecule has 198 valence electrons. The van der Waals surface area contributed by atoms with E-state index in [1.54, 1.807) is 0 Å². The maximum absolute atomic E-state index is 12.6. The average molecular weight is 532 g/mol. The minimum absolute atomic E-state index is 0.0850. The van der Waals surface area contributed by atoms with Crippen molar-refractivity contribution in [3.63, 3.8) is 0 Å². The summed E-state index contributed by atoms with van der Waals surface area (Å²) in [5, 5.41) is 10.1. The Labute approximate surface area is 222 Å². The van der Waals surface area contributed by atoms with Crippen LogP contribution in [0.2, 0.25) is 0 Å². The lowest BCUT2D eigenvalue weighted by Gasteiger charge is -2.10. The topological polar surface area (TPSA) is 84.2 Å². The van der Waals surface area contributed by atoms with Gasteiger partial charge in [-0.05, 0) is 35.4 Å². The van der Waals surface area contributed by atoms with Crippen LogP contribution < -0.4 is 5.32 Å². The number of rotatable bonds is 6. The van der Waals surface area contributed by atoms with Crippen molar-refractivity contribution < 1.29 is 27.9 Å². The van der Waals surface area contributed by atoms with E-state index < -0.39 is 12.1 Å². The van der Waals surface area contributed by atoms with Gasteiger partial charge in [0.1, 0.15) is 5.82 Å². The van der Waals surface area contributed by atoms with Gasteiger partial charge < -0.3 is 15.0 Å². The molecule has 1 aromatic heterocycles. The van der Waals surface area contributed by atoms with Crippen molar-refractivity contribution in [2.75, 3.05) is 0 Å². The number of carboxylic acid groups (broad SMARTS) is 1. The molecule has 4 aromatic carbocycles. The number of halogens is 3. The fraction of sp³-hybridized carbons (Fsp3) is 0.100. The molecule has 1 heterocycles. The molecule has 39 heavy (non-hydrogen) atoms. The third kappa shape index (κ3) is 7.10. The lowest BCUT2D eigenvalue weighted by Crippen LogP contribution is -2.22. The van der Waals surface area contributed by atoms with Crippen LogP contribution in [0, 0.1) is 0 Å². The Morgan fingerprint density at radius 2 is 1.31 bits per heavy atom. The number of nitrogens with one attached hydrogen (secondary N) is 1. The van der Waals surface area contributed by atoms with Gasteiger partial charge in [0.25, 0.3) is 5.91 Å². The van der Waals surface area contributed by atoms with Crippen LogP contribution in [-0.4, -0.2) is 32.7 Å². The van der Waals surface area contributed by atoms with Gasteiger partial charge in [0.15, 0.2) is 0 Å². The van der Waals surface area contributed by atoms with Crippen molar-refractivity contribution in [3.8, 4) is 11.4 Å². The van der Waals surface area contributed by atoms with Crippen LogP contribution in [0.25, 0.3) is 22.4 Å². The molecule has 1 amide bonds. The summed E-state index contributed by atoms with van der Waals surface area (Å²) in [4.78, 5) is 26.4. The van der Waals surface area contributed by atoms with Crippen LogP contribution >= 0.6 is 0 Å². The Balaban J connectivity index is 0.000000448. The van der Waals surface area contributed by atoms with Gasteiger partial charge in [0, 0.05) is 24.2 Å². The Bertz CT molecular complexity index is 1550. The maximum atomic E-state index is 12.6. The minimum Gasteiger partial charge on any atom is -0.475 e. The lowest BCUT2D eigenvalue weighted by atomic mass is 10.1. The summed E-state index contributed by atoms with van der Waals surface area (Å²) in [7, 11) is 0. The van der Waals surface area contributed by atoms with Gasteiger partial charge in [-0.1, -0.05) is 84.9 Å². The summed E-state index contributed by atoms with van der Waals surface area (Å²) in [6.07, 6.45) is -5.08. The fourth-order valence-electron chi connectivity index (χ4n) is 3.87. The number of benzene rings is 4. The first-order valence-corrected chi connectivity index (χ1v) is 11.9. The molecule has 0 unspecified atom stereocenters. The Hall–Kier alpha value is -4.92. The summed E-state index contributed by atoms with van der Waals surface area (Å²) in [6.45, 7) is 1.24. The Morgan fingerprint density at radius 3 is 1.90 bits per heavy atom. The van der Waals surface area contributed by atoms with Crippen molar-refractivity contribution >= 4 is 22.9 Å². The van der Waals surface area contributed by atoms with Crippen LogP contribution in [0.3, 0.4) is 0 Å². The monoisotopic (exact) mass is 531 g/mol. The average Bonchev–Trinajstić information content (AvgIpc) is 3.31. The van der Waals surface area contributed by atoms with Crippen molar-refractivity contribution in [1.82, 2.24) is 14.9 Å². The van der Waals surface area contributed by atoms with Crippen molar-refractivity contribution in [1.29, 1.82) is 0 Å². The number of amides is 1. The number of aliphatic carboxylic acids is 1. The standard InChI is InChI=1S/C28H23N3O.C2HF3O2/c32-28(29-19-21-9-3-1-4-10-21)24-17-15-23(16-18-24)27-30-25-13-7-8-14-26(25)31(27)20-22-11-5-2-6-12-22;3-2(4,5)1(6)7/h1-18H,19-20H2,(H,29,32);(H,6,7). The molecule has 0 atom stereocenters. The molecule has 0 aliphatic rings. The molecule has 0 bridgehead atoms. The van der Waals surface area contributed by atoms with E-state index in [1.807, 2.05) is 78.9 Å². The summed E-state index contributed by atoms with van der Waals surface area (Å²) in [6, 6.07) is 36.1. The summed E-state index contributed by atoms with van der Waals surface area (Å²) < 4.78 is 34.0. The first kappa shape index (κ1) is 27.1. The van der Waals surface area contributed by atoms with Crippen LogP contribution in [0.1, 0.15) is 21.5 Å². The van der Waals surface area contributed by atoms with E-state index in [1.165, 1.54) is 5.56 Å². The molecule has 5 rings (SSSR count). The second-order valence-electron chi connectivity index (χ2n) is 8.54. The second kappa shape index (κ2) is 12.1. The molecule has 0 aliphatic heterocycles. The fourth-order valence-corrected chi connectivity index (χ4v) is 3.87. The van der Waals surface area contributed by atoms with E-state index in [2.05, 4.69) is 40.2 Å². The molecule has 0 radical (unpaired) electrons. The molecule has 0 spiro atoms. The molecule has 0 saturated carbocycles. The summed E-state index contributed by atoms with van der Waals surface area (Å²) in [5.41, 5.74) is 5.97. The number of hydrogen-bond donors (Lipinski definition) is 2. The number of alkyl halides is 3. The van der Waals surface area contributed by atoms with Gasteiger partial charge in [-0.25, -0.2) is 9.78 Å². The molecule has 0 aliphatic carbocycles. The quantitative estimate of drug-likeness (QED) is 0.269. The zero-order valence-electron chi connectivity index (χ0n) is 20.6. The highest BCUT2D eigenvalue weighted by molar-refractivity contribution is 5.94. The Morgan fingerprint density at radius 1 is 0.769 bits per heavy atom. The molecule has 9 heteroatoms. The van der Waals surface area contributed by atoms with E-state index in [-0.39, 0.29) is 5.91 Å². The highest BCUT2D eigenvalue weighted by atomic mass is 19.4. The predicted molar refractivity (Wildman–Crippen MR) is 142 cm³/mol. The van der Waals surface area contributed by atoms with Crippen molar-refractivity contribution in [2.45, 2.75) is 19.3 Å².